The van der Waals surface area contributed by atoms with E-state index in [1.165, 1.54) is 33.4 Å². The molecule has 0 saturated carbocycles. The molecule has 0 aromatic heterocycles. The maximum atomic E-state index is 6.52. The SMILES string of the molecule is Clc1cc2cc3c(cc2cc1Cl)C(SCCc1ccccc1)c1cc2cc(Cl)c(Cl)cc2cc1C3SCCc1ccccc1. The van der Waals surface area contributed by atoms with Gasteiger partial charge in [-0.1, -0.05) is 107 Å². The summed E-state index contributed by atoms with van der Waals surface area (Å²) in [7, 11) is 0. The van der Waals surface area contributed by atoms with Crippen LogP contribution in [0.25, 0.3) is 21.5 Å². The molecular weight excluding hydrogens is 662 g/mol. The summed E-state index contributed by atoms with van der Waals surface area (Å²) >= 11 is 30.1. The van der Waals surface area contributed by atoms with Crippen LogP contribution in [0.2, 0.25) is 20.1 Å². The van der Waals surface area contributed by atoms with Gasteiger partial charge in [-0.2, -0.15) is 0 Å². The molecule has 6 aromatic carbocycles. The monoisotopic (exact) mass is 688 g/mol. The Kier molecular flexibility index (Phi) is 9.11. The molecule has 0 saturated heterocycles. The van der Waals surface area contributed by atoms with Crippen LogP contribution in [0.4, 0.5) is 0 Å². The number of hydrogen-bond acceptors (Lipinski definition) is 2. The number of rotatable bonds is 8. The Morgan fingerprint density at radius 1 is 0.409 bits per heavy atom. The zero-order valence-electron chi connectivity index (χ0n) is 23.7. The van der Waals surface area contributed by atoms with Crippen molar-refractivity contribution >= 4 is 91.5 Å². The van der Waals surface area contributed by atoms with E-state index in [0.29, 0.717) is 20.1 Å². The van der Waals surface area contributed by atoms with Crippen LogP contribution in [0.15, 0.2) is 109 Å². The molecule has 0 atom stereocenters. The fourth-order valence-electron chi connectivity index (χ4n) is 6.14. The Bertz CT molecular complexity index is 1730. The van der Waals surface area contributed by atoms with Crippen molar-refractivity contribution in [2.45, 2.75) is 23.3 Å². The smallest absolute Gasteiger partial charge is 0.0598 e. The summed E-state index contributed by atoms with van der Waals surface area (Å²) in [5.41, 5.74) is 8.09. The Morgan fingerprint density at radius 2 is 0.705 bits per heavy atom. The first kappa shape index (κ1) is 30.4. The molecule has 1 aliphatic rings. The van der Waals surface area contributed by atoms with Gasteiger partial charge in [-0.25, -0.2) is 0 Å². The molecule has 0 amide bonds. The van der Waals surface area contributed by atoms with Crippen LogP contribution in [0, 0.1) is 0 Å². The van der Waals surface area contributed by atoms with Crippen LogP contribution < -0.4 is 0 Å². The van der Waals surface area contributed by atoms with Crippen LogP contribution in [0.3, 0.4) is 0 Å². The van der Waals surface area contributed by atoms with Crippen molar-refractivity contribution in [2.24, 2.45) is 0 Å². The van der Waals surface area contributed by atoms with Gasteiger partial charge in [0.15, 0.2) is 0 Å². The molecule has 220 valence electrons. The van der Waals surface area contributed by atoms with Crippen molar-refractivity contribution in [3.05, 3.63) is 163 Å². The molecule has 7 rings (SSSR count). The van der Waals surface area contributed by atoms with Crippen LogP contribution in [-0.2, 0) is 12.8 Å². The minimum absolute atomic E-state index is 0.160. The third kappa shape index (κ3) is 6.23. The van der Waals surface area contributed by atoms with E-state index in [9.17, 15) is 0 Å². The number of halogens is 4. The minimum atomic E-state index is 0.160. The molecule has 0 N–H and O–H groups in total. The molecule has 6 heteroatoms. The van der Waals surface area contributed by atoms with Gasteiger partial charge in [0, 0.05) is 0 Å². The van der Waals surface area contributed by atoms with Crippen molar-refractivity contribution in [2.75, 3.05) is 11.5 Å². The highest BCUT2D eigenvalue weighted by molar-refractivity contribution is 8.00. The summed E-state index contributed by atoms with van der Waals surface area (Å²) in [4.78, 5) is 0. The molecule has 44 heavy (non-hydrogen) atoms. The van der Waals surface area contributed by atoms with Crippen molar-refractivity contribution in [1.29, 1.82) is 0 Å². The van der Waals surface area contributed by atoms with Gasteiger partial charge in [0.25, 0.3) is 0 Å². The van der Waals surface area contributed by atoms with Crippen molar-refractivity contribution in [1.82, 2.24) is 0 Å². The van der Waals surface area contributed by atoms with E-state index in [0.717, 1.165) is 45.9 Å². The highest BCUT2D eigenvalue weighted by Crippen LogP contribution is 2.54. The first-order valence-electron chi connectivity index (χ1n) is 14.6. The van der Waals surface area contributed by atoms with Crippen LogP contribution in [-0.4, -0.2) is 11.5 Å². The fraction of sp³-hybridized carbons (Fsp3) is 0.158. The van der Waals surface area contributed by atoms with Crippen LogP contribution in [0.5, 0.6) is 0 Å². The van der Waals surface area contributed by atoms with Gasteiger partial charge in [0.05, 0.1) is 30.6 Å². The maximum Gasteiger partial charge on any atom is 0.0598 e. The summed E-state index contributed by atoms with van der Waals surface area (Å²) in [6.45, 7) is 0. The lowest BCUT2D eigenvalue weighted by atomic mass is 9.82. The van der Waals surface area contributed by atoms with Crippen LogP contribution >= 0.6 is 69.9 Å². The molecule has 0 bridgehead atoms. The second-order valence-electron chi connectivity index (χ2n) is 11.2. The Labute approximate surface area is 287 Å². The summed E-state index contributed by atoms with van der Waals surface area (Å²) in [5.74, 6) is 2.00. The Balaban J connectivity index is 1.36. The quantitative estimate of drug-likeness (QED) is 0.156. The van der Waals surface area contributed by atoms with E-state index < -0.39 is 0 Å². The zero-order chi connectivity index (χ0) is 30.2. The predicted octanol–water partition coefficient (Wildman–Crippen LogP) is 13.1. The fourth-order valence-corrected chi connectivity index (χ4v) is 9.54. The first-order chi connectivity index (χ1) is 21.4. The molecule has 0 unspecified atom stereocenters. The molecule has 0 nitrogen and oxygen atoms in total. The summed E-state index contributed by atoms with van der Waals surface area (Å²) in [5, 5.41) is 7.07. The third-order valence-electron chi connectivity index (χ3n) is 8.33. The van der Waals surface area contributed by atoms with E-state index >= 15 is 0 Å². The van der Waals surface area contributed by atoms with E-state index in [1.54, 1.807) is 0 Å². The molecule has 0 heterocycles. The average molecular weight is 691 g/mol. The van der Waals surface area contributed by atoms with Gasteiger partial charge in [-0.3, -0.25) is 0 Å². The van der Waals surface area contributed by atoms with E-state index in [4.69, 9.17) is 46.4 Å². The number of hydrogen-bond donors (Lipinski definition) is 0. The molecule has 6 aromatic rings. The predicted molar refractivity (Wildman–Crippen MR) is 197 cm³/mol. The molecule has 1 aliphatic carbocycles. The van der Waals surface area contributed by atoms with Crippen molar-refractivity contribution < 1.29 is 0 Å². The highest BCUT2D eigenvalue weighted by atomic mass is 35.5. The average Bonchev–Trinajstić information content (AvgIpc) is 3.03. The van der Waals surface area contributed by atoms with E-state index in [1.807, 2.05) is 47.8 Å². The minimum Gasteiger partial charge on any atom is -0.149 e. The Hall–Kier alpha value is -2.30. The topological polar surface area (TPSA) is 0 Å². The summed E-state index contributed by atoms with van der Waals surface area (Å²) in [6.07, 6.45) is 2.01. The Morgan fingerprint density at radius 3 is 1.00 bits per heavy atom. The zero-order valence-corrected chi connectivity index (χ0v) is 28.4. The number of benzene rings is 6. The van der Waals surface area contributed by atoms with E-state index in [2.05, 4.69) is 84.9 Å². The number of thioether (sulfide) groups is 2. The second kappa shape index (κ2) is 13.2. The third-order valence-corrected chi connectivity index (χ3v) is 12.3. The lowest BCUT2D eigenvalue weighted by Crippen LogP contribution is -2.16. The number of aryl methyl sites for hydroxylation is 2. The summed E-state index contributed by atoms with van der Waals surface area (Å²) in [6, 6.07) is 38.8. The summed E-state index contributed by atoms with van der Waals surface area (Å²) < 4.78 is 0. The standard InChI is InChI=1S/C38H28Cl4S2/c39-33-19-25-15-29-31(17-27(25)21-35(33)41)38(44-14-12-24-9-5-2-6-10-24)32-18-28-22-36(42)34(40)20-26(28)16-30(32)37(29)43-13-11-23-7-3-1-4-8-23/h1-10,15-22,37-38H,11-14H2. The second-order valence-corrected chi connectivity index (χ2v) is 15.2. The molecule has 0 radical (unpaired) electrons. The molecular formula is C38H28Cl4S2. The van der Waals surface area contributed by atoms with E-state index in [-0.39, 0.29) is 10.5 Å². The normalized spacial score (nSPS) is 15.8. The molecule has 0 aliphatic heterocycles. The molecule has 0 fully saturated rings. The highest BCUT2D eigenvalue weighted by Gasteiger charge is 2.34. The number of fused-ring (bicyclic) bond motifs is 4. The largest absolute Gasteiger partial charge is 0.149 e. The van der Waals surface area contributed by atoms with Crippen molar-refractivity contribution in [3.8, 4) is 0 Å². The van der Waals surface area contributed by atoms with Gasteiger partial charge in [0.1, 0.15) is 0 Å². The molecule has 0 spiro atoms. The van der Waals surface area contributed by atoms with Gasteiger partial charge >= 0.3 is 0 Å². The van der Waals surface area contributed by atoms with Crippen LogP contribution in [0.1, 0.15) is 43.9 Å². The van der Waals surface area contributed by atoms with Gasteiger partial charge in [-0.05, 0) is 128 Å². The maximum absolute atomic E-state index is 6.52. The van der Waals surface area contributed by atoms with Gasteiger partial charge in [0.2, 0.25) is 0 Å². The first-order valence-corrected chi connectivity index (χ1v) is 18.2. The van der Waals surface area contributed by atoms with Crippen molar-refractivity contribution in [3.63, 3.8) is 0 Å². The van der Waals surface area contributed by atoms with Gasteiger partial charge < -0.3 is 0 Å². The van der Waals surface area contributed by atoms with Gasteiger partial charge in [-0.15, -0.1) is 23.5 Å². The lowest BCUT2D eigenvalue weighted by molar-refractivity contribution is 0.970. The lowest BCUT2D eigenvalue weighted by Gasteiger charge is -2.35.